The molecule has 1 aliphatic carbocycles. The van der Waals surface area contributed by atoms with Gasteiger partial charge in [0.2, 0.25) is 16.3 Å². The molecule has 1 N–H and O–H groups in total. The van der Waals surface area contributed by atoms with Crippen LogP contribution in [0.5, 0.6) is 5.75 Å². The largest absolute Gasteiger partial charge is 0.497 e. The molecule has 1 aromatic rings. The van der Waals surface area contributed by atoms with Crippen LogP contribution in [0.1, 0.15) is 70.6 Å². The maximum Gasteiger partial charge on any atom is 0.288 e. The van der Waals surface area contributed by atoms with Crippen molar-refractivity contribution < 1.29 is 32.5 Å². The van der Waals surface area contributed by atoms with Crippen LogP contribution in [0.4, 0.5) is 0 Å². The Kier molecular flexibility index (Phi) is 12.0. The van der Waals surface area contributed by atoms with Crippen molar-refractivity contribution in [3.63, 3.8) is 0 Å². The molecule has 3 heterocycles. The van der Waals surface area contributed by atoms with Gasteiger partial charge in [0, 0.05) is 38.6 Å². The highest BCUT2D eigenvalue weighted by Gasteiger charge is 2.36. The summed E-state index contributed by atoms with van der Waals surface area (Å²) >= 11 is 0. The monoisotopic (exact) mass is 633 g/mol. The molecule has 10 nitrogen and oxygen atoms in total. The number of amides is 1. The summed E-state index contributed by atoms with van der Waals surface area (Å²) in [6.07, 6.45) is 13.9. The van der Waals surface area contributed by atoms with Gasteiger partial charge in [0.15, 0.2) is 5.76 Å². The third-order valence-corrected chi connectivity index (χ3v) is 11.8. The average Bonchev–Trinajstić information content (AvgIpc) is 3.08. The predicted molar refractivity (Wildman–Crippen MR) is 167 cm³/mol. The van der Waals surface area contributed by atoms with Crippen LogP contribution < -0.4 is 4.74 Å². The third-order valence-electron chi connectivity index (χ3n) is 9.90. The summed E-state index contributed by atoms with van der Waals surface area (Å²) in [5.41, 5.74) is 0. The van der Waals surface area contributed by atoms with Gasteiger partial charge in [-0.25, -0.2) is 8.42 Å². The van der Waals surface area contributed by atoms with Gasteiger partial charge in [-0.1, -0.05) is 25.7 Å². The number of allylic oxidation sites excluding steroid dienone is 1. The van der Waals surface area contributed by atoms with E-state index in [2.05, 4.69) is 11.0 Å². The van der Waals surface area contributed by atoms with Gasteiger partial charge in [-0.05, 0) is 93.8 Å². The van der Waals surface area contributed by atoms with Gasteiger partial charge in [0.05, 0.1) is 25.2 Å². The first-order chi connectivity index (χ1) is 21.4. The van der Waals surface area contributed by atoms with E-state index in [9.17, 15) is 18.3 Å². The van der Waals surface area contributed by atoms with Crippen molar-refractivity contribution in [2.75, 3.05) is 59.6 Å². The first kappa shape index (κ1) is 33.2. The van der Waals surface area contributed by atoms with E-state index in [1.807, 2.05) is 4.90 Å². The van der Waals surface area contributed by atoms with Gasteiger partial charge in [-0.2, -0.15) is 4.31 Å². The summed E-state index contributed by atoms with van der Waals surface area (Å²) in [5.74, 6) is 1.57. The van der Waals surface area contributed by atoms with Gasteiger partial charge in [-0.3, -0.25) is 4.79 Å². The summed E-state index contributed by atoms with van der Waals surface area (Å²) in [6.45, 7) is 3.59. The summed E-state index contributed by atoms with van der Waals surface area (Å²) < 4.78 is 45.4. The minimum Gasteiger partial charge on any atom is -0.497 e. The Hall–Kier alpha value is -2.18. The molecule has 0 spiro atoms. The van der Waals surface area contributed by atoms with E-state index in [1.54, 1.807) is 12.1 Å². The van der Waals surface area contributed by atoms with Crippen LogP contribution >= 0.6 is 0 Å². The Morgan fingerprint density at radius 1 is 0.955 bits per heavy atom. The Labute approximate surface area is 263 Å². The maximum absolute atomic E-state index is 13.8. The fourth-order valence-electron chi connectivity index (χ4n) is 7.35. The molecule has 2 saturated heterocycles. The number of ether oxygens (including phenoxy) is 3. The van der Waals surface area contributed by atoms with Crippen molar-refractivity contribution in [1.29, 1.82) is 0 Å². The van der Waals surface area contributed by atoms with Crippen molar-refractivity contribution >= 4 is 15.9 Å². The molecule has 3 fully saturated rings. The first-order valence-electron chi connectivity index (χ1n) is 16.7. The van der Waals surface area contributed by atoms with E-state index in [0.717, 1.165) is 38.8 Å². The zero-order valence-electron chi connectivity index (χ0n) is 26.3. The number of aliphatic hydroxyl groups is 1. The van der Waals surface area contributed by atoms with Crippen LogP contribution in [-0.2, 0) is 24.3 Å². The molecule has 0 unspecified atom stereocenters. The molecule has 0 radical (unpaired) electrons. The van der Waals surface area contributed by atoms with Crippen LogP contribution in [0.2, 0.25) is 0 Å². The average molecular weight is 634 g/mol. The molecule has 246 valence electrons. The molecule has 1 aromatic carbocycles. The predicted octanol–water partition coefficient (Wildman–Crippen LogP) is 4.00. The number of benzene rings is 1. The second-order valence-corrected chi connectivity index (χ2v) is 14.6. The number of carbonyl (C=O) groups is 1. The number of hydrogen-bond acceptors (Lipinski definition) is 8. The molecule has 11 heteroatoms. The van der Waals surface area contributed by atoms with E-state index in [4.69, 9.17) is 14.2 Å². The maximum atomic E-state index is 13.8. The van der Waals surface area contributed by atoms with Gasteiger partial charge >= 0.3 is 0 Å². The minimum absolute atomic E-state index is 0.0506. The summed E-state index contributed by atoms with van der Waals surface area (Å²) in [4.78, 5) is 18.4. The van der Waals surface area contributed by atoms with Crippen molar-refractivity contribution in [3.8, 4) is 5.75 Å². The van der Waals surface area contributed by atoms with Crippen LogP contribution in [0.15, 0.2) is 41.0 Å². The number of nitrogens with zero attached hydrogens (tertiary/aromatic N) is 3. The fourth-order valence-corrected chi connectivity index (χ4v) is 8.76. The first-order valence-corrected chi connectivity index (χ1v) is 18.1. The molecule has 5 rings (SSSR count). The number of likely N-dealkylation sites (tertiary alicyclic amines) is 2. The Balaban J connectivity index is 1.21. The Bertz CT molecular complexity index is 1190. The Morgan fingerprint density at radius 2 is 1.64 bits per heavy atom. The van der Waals surface area contributed by atoms with Crippen LogP contribution in [0, 0.1) is 11.8 Å². The summed E-state index contributed by atoms with van der Waals surface area (Å²) in [6, 6.07) is 6.75. The molecule has 0 bridgehead atoms. The van der Waals surface area contributed by atoms with E-state index in [1.165, 1.54) is 75.2 Å². The number of aliphatic hydroxyl groups excluding tert-OH is 1. The summed E-state index contributed by atoms with van der Waals surface area (Å²) in [5, 5.41) is 9.62. The smallest absolute Gasteiger partial charge is 0.288 e. The lowest BCUT2D eigenvalue weighted by Gasteiger charge is -2.41. The third kappa shape index (κ3) is 8.34. The molecular weight excluding hydrogens is 582 g/mol. The fraction of sp³-hybridized carbons (Fsp3) is 0.727. The number of carbonyl (C=O) groups excluding carboxylic acids is 1. The Morgan fingerprint density at radius 3 is 2.30 bits per heavy atom. The van der Waals surface area contributed by atoms with Gasteiger partial charge < -0.3 is 29.1 Å². The highest BCUT2D eigenvalue weighted by atomic mass is 32.2. The molecule has 44 heavy (non-hydrogen) atoms. The topological polar surface area (TPSA) is 109 Å². The van der Waals surface area contributed by atoms with Crippen LogP contribution in [0.3, 0.4) is 0 Å². The zero-order valence-corrected chi connectivity index (χ0v) is 27.1. The molecule has 0 aromatic heterocycles. The van der Waals surface area contributed by atoms with E-state index >= 15 is 0 Å². The highest BCUT2D eigenvalue weighted by molar-refractivity contribution is 7.89. The lowest BCUT2D eigenvalue weighted by molar-refractivity contribution is -0.158. The standard InChI is InChI=1S/C33H51N3O7S/c1-41-29-10-12-30(13-11-29)44(39,40)36(20-22-37)21-23-42-32-25-27(26-8-4-2-5-9-26)24-31(43-32)33(38)35-18-14-28(15-19-35)34-16-6-3-7-17-34/h10-13,24,26-28,32,37H,2-9,14-23,25H2,1H3/t27-,32+/m1/s1. The van der Waals surface area contributed by atoms with Gasteiger partial charge in [0.25, 0.3) is 5.91 Å². The van der Waals surface area contributed by atoms with E-state index in [0.29, 0.717) is 29.9 Å². The molecule has 4 aliphatic rings. The van der Waals surface area contributed by atoms with Gasteiger partial charge in [0.1, 0.15) is 5.75 Å². The lowest BCUT2D eigenvalue weighted by Crippen LogP contribution is -2.49. The van der Waals surface area contributed by atoms with Gasteiger partial charge in [-0.15, -0.1) is 0 Å². The number of sulfonamides is 1. The normalized spacial score (nSPS) is 24.6. The van der Waals surface area contributed by atoms with Crippen molar-refractivity contribution in [1.82, 2.24) is 14.1 Å². The highest BCUT2D eigenvalue weighted by Crippen LogP contribution is 2.38. The number of piperidine rings is 2. The molecular formula is C33H51N3O7S. The van der Waals surface area contributed by atoms with Crippen molar-refractivity contribution in [2.45, 2.75) is 87.9 Å². The molecule has 1 amide bonds. The molecule has 1 saturated carbocycles. The van der Waals surface area contributed by atoms with Crippen LogP contribution in [0.25, 0.3) is 0 Å². The van der Waals surface area contributed by atoms with E-state index < -0.39 is 16.3 Å². The molecule has 3 aliphatic heterocycles. The lowest BCUT2D eigenvalue weighted by atomic mass is 9.77. The second-order valence-electron chi connectivity index (χ2n) is 12.7. The van der Waals surface area contributed by atoms with Crippen LogP contribution in [-0.4, -0.2) is 105 Å². The molecule has 2 atom stereocenters. The second kappa shape index (κ2) is 15.9. The summed E-state index contributed by atoms with van der Waals surface area (Å²) in [7, 11) is -2.32. The number of hydrogen-bond donors (Lipinski definition) is 1. The van der Waals surface area contributed by atoms with E-state index in [-0.39, 0.29) is 43.0 Å². The quantitative estimate of drug-likeness (QED) is 0.368. The number of methoxy groups -OCH3 is 1. The van der Waals surface area contributed by atoms with Crippen molar-refractivity contribution in [2.24, 2.45) is 11.8 Å². The number of rotatable bonds is 12. The van der Waals surface area contributed by atoms with Crippen molar-refractivity contribution in [3.05, 3.63) is 36.1 Å². The SMILES string of the molecule is COc1ccc(S(=O)(=O)N(CCO)CCO[C@@H]2C[C@H](C3CCCCC3)C=C(C(=O)N3CCC(N4CCCCC4)CC3)O2)cc1. The minimum atomic E-state index is -3.85. The zero-order chi connectivity index (χ0) is 30.9.